The molecule has 100 valence electrons. The van der Waals surface area contributed by atoms with Crippen molar-refractivity contribution in [3.8, 4) is 0 Å². The molecule has 2 aromatic carbocycles. The first-order chi connectivity index (χ1) is 8.90. The molecular formula is C13H11ClFNO2S. The number of sulfone groups is 1. The summed E-state index contributed by atoms with van der Waals surface area (Å²) in [5.74, 6) is -1.09. The van der Waals surface area contributed by atoms with Crippen LogP contribution in [-0.2, 0) is 15.6 Å². The van der Waals surface area contributed by atoms with Crippen molar-refractivity contribution in [2.24, 2.45) is 0 Å². The lowest BCUT2D eigenvalue weighted by Crippen LogP contribution is -2.09. The molecule has 0 unspecified atom stereocenters. The number of nitrogens with two attached hydrogens (primary N) is 1. The first kappa shape index (κ1) is 13.8. The molecule has 2 aromatic rings. The van der Waals surface area contributed by atoms with Crippen LogP contribution in [0, 0.1) is 5.82 Å². The van der Waals surface area contributed by atoms with Crippen molar-refractivity contribution in [3.05, 3.63) is 58.9 Å². The summed E-state index contributed by atoms with van der Waals surface area (Å²) in [6.07, 6.45) is 0. The molecule has 0 aliphatic heterocycles. The number of nitrogen functional groups attached to an aromatic ring is 1. The molecule has 0 spiro atoms. The molecule has 0 fully saturated rings. The zero-order chi connectivity index (χ0) is 14.0. The van der Waals surface area contributed by atoms with E-state index >= 15 is 0 Å². The molecule has 0 amide bonds. The van der Waals surface area contributed by atoms with E-state index in [0.717, 1.165) is 6.07 Å². The summed E-state index contributed by atoms with van der Waals surface area (Å²) in [6.45, 7) is 0. The summed E-state index contributed by atoms with van der Waals surface area (Å²) in [7, 11) is -3.71. The number of hydrogen-bond acceptors (Lipinski definition) is 3. The summed E-state index contributed by atoms with van der Waals surface area (Å²) in [6, 6.07) is 9.89. The van der Waals surface area contributed by atoms with Crippen molar-refractivity contribution in [1.29, 1.82) is 0 Å². The van der Waals surface area contributed by atoms with Gasteiger partial charge in [0.1, 0.15) is 5.82 Å². The van der Waals surface area contributed by atoms with Crippen LogP contribution in [0.5, 0.6) is 0 Å². The van der Waals surface area contributed by atoms with Crippen LogP contribution in [-0.4, -0.2) is 8.42 Å². The van der Waals surface area contributed by atoms with Gasteiger partial charge in [-0.3, -0.25) is 0 Å². The molecule has 3 nitrogen and oxygen atoms in total. The molecule has 19 heavy (non-hydrogen) atoms. The van der Waals surface area contributed by atoms with Crippen molar-refractivity contribution in [1.82, 2.24) is 0 Å². The molecule has 6 heteroatoms. The number of rotatable bonds is 3. The van der Waals surface area contributed by atoms with Crippen LogP contribution >= 0.6 is 11.6 Å². The summed E-state index contributed by atoms with van der Waals surface area (Å²) in [5, 5.41) is 0.285. The number of halogens is 2. The third-order valence-corrected chi connectivity index (χ3v) is 4.58. The Bertz CT molecular complexity index is 716. The molecule has 0 aromatic heterocycles. The largest absolute Gasteiger partial charge is 0.398 e. The Morgan fingerprint density at radius 3 is 2.53 bits per heavy atom. The van der Waals surface area contributed by atoms with E-state index in [1.54, 1.807) is 12.1 Å². The van der Waals surface area contributed by atoms with Crippen LogP contribution in [0.4, 0.5) is 10.1 Å². The summed E-state index contributed by atoms with van der Waals surface area (Å²) >= 11 is 5.74. The molecular weight excluding hydrogens is 289 g/mol. The van der Waals surface area contributed by atoms with Gasteiger partial charge in [-0.25, -0.2) is 12.8 Å². The number of para-hydroxylation sites is 1. The molecule has 0 atom stereocenters. The van der Waals surface area contributed by atoms with Gasteiger partial charge in [0.2, 0.25) is 0 Å². The Balaban J connectivity index is 2.43. The van der Waals surface area contributed by atoms with E-state index in [0.29, 0.717) is 0 Å². The van der Waals surface area contributed by atoms with E-state index in [1.807, 2.05) is 0 Å². The minimum Gasteiger partial charge on any atom is -0.398 e. The normalized spacial score (nSPS) is 11.5. The quantitative estimate of drug-likeness (QED) is 0.886. The highest BCUT2D eigenvalue weighted by molar-refractivity contribution is 7.90. The van der Waals surface area contributed by atoms with Crippen molar-refractivity contribution in [3.63, 3.8) is 0 Å². The van der Waals surface area contributed by atoms with Gasteiger partial charge >= 0.3 is 0 Å². The van der Waals surface area contributed by atoms with Gasteiger partial charge in [-0.15, -0.1) is 0 Å². The van der Waals surface area contributed by atoms with Crippen molar-refractivity contribution >= 4 is 27.1 Å². The highest BCUT2D eigenvalue weighted by Gasteiger charge is 2.20. The fourth-order valence-corrected chi connectivity index (χ4v) is 3.39. The van der Waals surface area contributed by atoms with Gasteiger partial charge in [0.05, 0.1) is 16.3 Å². The van der Waals surface area contributed by atoms with E-state index < -0.39 is 21.4 Å². The van der Waals surface area contributed by atoms with Crippen LogP contribution in [0.2, 0.25) is 5.02 Å². The van der Waals surface area contributed by atoms with Crippen molar-refractivity contribution < 1.29 is 12.8 Å². The lowest BCUT2D eigenvalue weighted by molar-refractivity contribution is 0.587. The Labute approximate surface area is 115 Å². The maximum absolute atomic E-state index is 13.6. The second-order valence-corrected chi connectivity index (χ2v) is 6.43. The molecule has 0 saturated carbocycles. The molecule has 0 aliphatic carbocycles. The van der Waals surface area contributed by atoms with Gasteiger partial charge in [0.15, 0.2) is 9.84 Å². The third kappa shape index (κ3) is 3.05. The van der Waals surface area contributed by atoms with E-state index in [-0.39, 0.29) is 21.2 Å². The maximum atomic E-state index is 13.6. The fraction of sp³-hybridized carbons (Fsp3) is 0.0769. The molecule has 0 aliphatic rings. The summed E-state index contributed by atoms with van der Waals surface area (Å²) < 4.78 is 38.0. The van der Waals surface area contributed by atoms with Gasteiger partial charge in [-0.2, -0.15) is 0 Å². The zero-order valence-electron chi connectivity index (χ0n) is 9.81. The fourth-order valence-electron chi connectivity index (χ4n) is 1.70. The van der Waals surface area contributed by atoms with Crippen LogP contribution in [0.1, 0.15) is 5.56 Å². The van der Waals surface area contributed by atoms with E-state index in [1.165, 1.54) is 24.3 Å². The second-order valence-electron chi connectivity index (χ2n) is 4.03. The Hall–Kier alpha value is -1.59. The molecule has 0 saturated heterocycles. The minimum absolute atomic E-state index is 0.00521. The molecule has 0 heterocycles. The lowest BCUT2D eigenvalue weighted by atomic mass is 10.2. The molecule has 0 bridgehead atoms. The van der Waals surface area contributed by atoms with E-state index in [4.69, 9.17) is 17.3 Å². The Morgan fingerprint density at radius 2 is 1.84 bits per heavy atom. The van der Waals surface area contributed by atoms with Gasteiger partial charge in [0.25, 0.3) is 0 Å². The Kier molecular flexibility index (Phi) is 3.78. The van der Waals surface area contributed by atoms with Gasteiger partial charge in [-0.1, -0.05) is 23.7 Å². The van der Waals surface area contributed by atoms with Gasteiger partial charge in [0, 0.05) is 10.6 Å². The van der Waals surface area contributed by atoms with Gasteiger partial charge < -0.3 is 5.73 Å². The predicted molar refractivity (Wildman–Crippen MR) is 73.2 cm³/mol. The first-order valence-electron chi connectivity index (χ1n) is 5.41. The van der Waals surface area contributed by atoms with Crippen molar-refractivity contribution in [2.75, 3.05) is 5.73 Å². The zero-order valence-corrected chi connectivity index (χ0v) is 11.4. The smallest absolute Gasteiger partial charge is 0.184 e. The van der Waals surface area contributed by atoms with E-state index in [9.17, 15) is 12.8 Å². The molecule has 2 rings (SSSR count). The monoisotopic (exact) mass is 299 g/mol. The predicted octanol–water partition coefficient (Wildman–Crippen LogP) is 3.04. The molecule has 2 N–H and O–H groups in total. The van der Waals surface area contributed by atoms with Crippen molar-refractivity contribution in [2.45, 2.75) is 10.6 Å². The lowest BCUT2D eigenvalue weighted by Gasteiger charge is -2.08. The average molecular weight is 300 g/mol. The third-order valence-electron chi connectivity index (χ3n) is 2.61. The highest BCUT2D eigenvalue weighted by Crippen LogP contribution is 2.24. The summed E-state index contributed by atoms with van der Waals surface area (Å²) in [5.41, 5.74) is 5.80. The maximum Gasteiger partial charge on any atom is 0.184 e. The topological polar surface area (TPSA) is 60.2 Å². The van der Waals surface area contributed by atoms with E-state index in [2.05, 4.69) is 0 Å². The average Bonchev–Trinajstić information content (AvgIpc) is 2.34. The Morgan fingerprint density at radius 1 is 1.16 bits per heavy atom. The van der Waals surface area contributed by atoms with Crippen LogP contribution in [0.3, 0.4) is 0 Å². The first-order valence-corrected chi connectivity index (χ1v) is 7.44. The number of anilines is 1. The summed E-state index contributed by atoms with van der Waals surface area (Å²) in [4.78, 5) is -0.00521. The van der Waals surface area contributed by atoms with Crippen LogP contribution in [0.15, 0.2) is 47.4 Å². The standard InChI is InChI=1S/C13H11ClFNO2S/c14-10-5-6-11(15)9(7-10)8-19(17,18)13-4-2-1-3-12(13)16/h1-7H,8,16H2. The molecule has 0 radical (unpaired) electrons. The minimum atomic E-state index is -3.71. The highest BCUT2D eigenvalue weighted by atomic mass is 35.5. The van der Waals surface area contributed by atoms with Crippen LogP contribution in [0.25, 0.3) is 0 Å². The second kappa shape index (κ2) is 5.19. The SMILES string of the molecule is Nc1ccccc1S(=O)(=O)Cc1cc(Cl)ccc1F. The number of hydrogen-bond donors (Lipinski definition) is 1. The van der Waals surface area contributed by atoms with Gasteiger partial charge in [-0.05, 0) is 30.3 Å². The van der Waals surface area contributed by atoms with Crippen LogP contribution < -0.4 is 5.73 Å². The number of benzene rings is 2.